The third kappa shape index (κ3) is 3.44. The molecule has 0 bridgehead atoms. The van der Waals surface area contributed by atoms with Crippen molar-refractivity contribution < 1.29 is 0 Å². The van der Waals surface area contributed by atoms with Crippen LogP contribution in [0.2, 0.25) is 0 Å². The summed E-state index contributed by atoms with van der Waals surface area (Å²) in [6, 6.07) is 5.89. The zero-order valence-corrected chi connectivity index (χ0v) is 12.4. The molecule has 0 atom stereocenters. The van der Waals surface area contributed by atoms with Gasteiger partial charge in [-0.1, -0.05) is 6.07 Å². The monoisotopic (exact) mass is 282 g/mol. The summed E-state index contributed by atoms with van der Waals surface area (Å²) < 4.78 is 0. The number of nitrogens with zero attached hydrogens (tertiary/aromatic N) is 2. The molecule has 2 heterocycles. The Morgan fingerprint density at radius 2 is 2.05 bits per heavy atom. The third-order valence-corrected chi connectivity index (χ3v) is 4.26. The van der Waals surface area contributed by atoms with Crippen LogP contribution in [-0.2, 0) is 6.42 Å². The fourth-order valence-corrected chi connectivity index (χ4v) is 3.03. The second-order valence-electron chi connectivity index (χ2n) is 5.70. The van der Waals surface area contributed by atoms with E-state index in [9.17, 15) is 0 Å². The smallest absolute Gasteiger partial charge is 0.187 e. The Morgan fingerprint density at radius 1 is 1.19 bits per heavy atom. The summed E-state index contributed by atoms with van der Waals surface area (Å²) in [5, 5.41) is 4.60. The Labute approximate surface area is 126 Å². The summed E-state index contributed by atoms with van der Waals surface area (Å²) >= 11 is 0. The Morgan fingerprint density at radius 3 is 2.86 bits per heavy atom. The molecule has 2 N–H and O–H groups in total. The van der Waals surface area contributed by atoms with Crippen molar-refractivity contribution in [1.82, 2.24) is 15.2 Å². The van der Waals surface area contributed by atoms with Crippen LogP contribution in [-0.4, -0.2) is 42.6 Å². The van der Waals surface area contributed by atoms with Gasteiger partial charge in [0.25, 0.3) is 0 Å². The average Bonchev–Trinajstić information content (AvgIpc) is 2.95. The van der Waals surface area contributed by atoms with Gasteiger partial charge in [0, 0.05) is 37.9 Å². The molecular weight excluding hydrogens is 260 g/mol. The molecule has 1 aliphatic heterocycles. The predicted octanol–water partition coefficient (Wildman–Crippen LogP) is 2.95. The van der Waals surface area contributed by atoms with Crippen molar-refractivity contribution in [2.24, 2.45) is 0 Å². The molecule has 4 heteroatoms. The fraction of sp³-hybridized carbons (Fsp3) is 0.471. The lowest BCUT2D eigenvalue weighted by atomic mass is 10.1. The summed E-state index contributed by atoms with van der Waals surface area (Å²) in [7, 11) is 0. The SMILES string of the molecule is [C-]#[N+]c1ccc2[nH]cc(CCCCN3CCNCC3)c2c1. The minimum absolute atomic E-state index is 0.726. The summed E-state index contributed by atoms with van der Waals surface area (Å²) in [5.41, 5.74) is 3.21. The molecule has 0 amide bonds. The van der Waals surface area contributed by atoms with E-state index in [-0.39, 0.29) is 0 Å². The van der Waals surface area contributed by atoms with Crippen molar-refractivity contribution in [2.45, 2.75) is 19.3 Å². The first-order chi connectivity index (χ1) is 10.4. The zero-order chi connectivity index (χ0) is 14.5. The Hall–Kier alpha value is -1.83. The number of nitrogens with one attached hydrogen (secondary N) is 2. The zero-order valence-electron chi connectivity index (χ0n) is 12.4. The average molecular weight is 282 g/mol. The van der Waals surface area contributed by atoms with Gasteiger partial charge in [-0.15, -0.1) is 0 Å². The first-order valence-corrected chi connectivity index (χ1v) is 7.77. The first-order valence-electron chi connectivity index (χ1n) is 7.77. The van der Waals surface area contributed by atoms with E-state index in [4.69, 9.17) is 6.57 Å². The van der Waals surface area contributed by atoms with Crippen molar-refractivity contribution in [2.75, 3.05) is 32.7 Å². The topological polar surface area (TPSA) is 35.4 Å². The van der Waals surface area contributed by atoms with E-state index >= 15 is 0 Å². The van der Waals surface area contributed by atoms with Gasteiger partial charge in [0.15, 0.2) is 5.69 Å². The molecule has 1 aromatic carbocycles. The number of aryl methyl sites for hydroxylation is 1. The number of aromatic nitrogens is 1. The number of unbranched alkanes of at least 4 members (excludes halogenated alkanes) is 1. The summed E-state index contributed by atoms with van der Waals surface area (Å²) in [6.07, 6.45) is 5.64. The molecule has 3 rings (SSSR count). The van der Waals surface area contributed by atoms with Crippen LogP contribution in [0.15, 0.2) is 24.4 Å². The van der Waals surface area contributed by atoms with E-state index in [1.807, 2.05) is 18.2 Å². The van der Waals surface area contributed by atoms with Crippen LogP contribution in [0.1, 0.15) is 18.4 Å². The van der Waals surface area contributed by atoms with Crippen LogP contribution in [0.3, 0.4) is 0 Å². The summed E-state index contributed by atoms with van der Waals surface area (Å²) in [4.78, 5) is 9.38. The van der Waals surface area contributed by atoms with Crippen LogP contribution < -0.4 is 5.32 Å². The van der Waals surface area contributed by atoms with Gasteiger partial charge in [0.1, 0.15) is 0 Å². The van der Waals surface area contributed by atoms with Crippen LogP contribution in [0.4, 0.5) is 5.69 Å². The normalized spacial score (nSPS) is 16.1. The molecule has 0 radical (unpaired) electrons. The van der Waals surface area contributed by atoms with Gasteiger partial charge in [-0.25, -0.2) is 4.85 Å². The predicted molar refractivity (Wildman–Crippen MR) is 86.8 cm³/mol. The third-order valence-electron chi connectivity index (χ3n) is 4.26. The molecule has 2 aromatic rings. The summed E-state index contributed by atoms with van der Waals surface area (Å²) in [6.45, 7) is 13.0. The van der Waals surface area contributed by atoms with E-state index in [2.05, 4.69) is 26.2 Å². The molecule has 110 valence electrons. The maximum Gasteiger partial charge on any atom is 0.187 e. The summed E-state index contributed by atoms with van der Waals surface area (Å²) in [5.74, 6) is 0. The molecule has 1 aromatic heterocycles. The number of hydrogen-bond acceptors (Lipinski definition) is 2. The van der Waals surface area contributed by atoms with E-state index in [1.54, 1.807) is 0 Å². The molecule has 0 saturated carbocycles. The van der Waals surface area contributed by atoms with E-state index in [0.29, 0.717) is 0 Å². The highest BCUT2D eigenvalue weighted by molar-refractivity contribution is 5.86. The lowest BCUT2D eigenvalue weighted by molar-refractivity contribution is 0.237. The van der Waals surface area contributed by atoms with Crippen LogP contribution in [0, 0.1) is 6.57 Å². The maximum absolute atomic E-state index is 7.13. The maximum atomic E-state index is 7.13. The fourth-order valence-electron chi connectivity index (χ4n) is 3.03. The van der Waals surface area contributed by atoms with E-state index in [0.717, 1.165) is 30.7 Å². The molecular formula is C17H22N4. The highest BCUT2D eigenvalue weighted by atomic mass is 15.2. The molecule has 1 saturated heterocycles. The minimum atomic E-state index is 0.726. The second-order valence-corrected chi connectivity index (χ2v) is 5.70. The number of hydrogen-bond donors (Lipinski definition) is 2. The van der Waals surface area contributed by atoms with Crippen molar-refractivity contribution in [3.8, 4) is 0 Å². The van der Waals surface area contributed by atoms with Crippen LogP contribution >= 0.6 is 0 Å². The van der Waals surface area contributed by atoms with Gasteiger partial charge in [0.05, 0.1) is 6.57 Å². The Balaban J connectivity index is 1.54. The lowest BCUT2D eigenvalue weighted by Crippen LogP contribution is -2.43. The van der Waals surface area contributed by atoms with E-state index in [1.165, 1.54) is 43.4 Å². The second kappa shape index (κ2) is 6.75. The van der Waals surface area contributed by atoms with Crippen molar-refractivity contribution in [1.29, 1.82) is 0 Å². The number of benzene rings is 1. The van der Waals surface area contributed by atoms with Gasteiger partial charge in [0.2, 0.25) is 0 Å². The number of H-pyrrole nitrogens is 1. The Bertz CT molecular complexity index is 632. The van der Waals surface area contributed by atoms with Gasteiger partial charge in [-0.3, -0.25) is 0 Å². The number of fused-ring (bicyclic) bond motifs is 1. The molecule has 1 fully saturated rings. The highest BCUT2D eigenvalue weighted by Gasteiger charge is 2.09. The minimum Gasteiger partial charge on any atom is -0.361 e. The van der Waals surface area contributed by atoms with Gasteiger partial charge < -0.3 is 15.2 Å². The molecule has 0 aliphatic carbocycles. The van der Waals surface area contributed by atoms with Crippen molar-refractivity contribution >= 4 is 16.6 Å². The Kier molecular flexibility index (Phi) is 4.54. The van der Waals surface area contributed by atoms with Gasteiger partial charge in [-0.05, 0) is 48.9 Å². The highest BCUT2D eigenvalue weighted by Crippen LogP contribution is 2.25. The quantitative estimate of drug-likeness (QED) is 0.653. The largest absolute Gasteiger partial charge is 0.361 e. The van der Waals surface area contributed by atoms with Crippen LogP contribution in [0.5, 0.6) is 0 Å². The molecule has 1 aliphatic rings. The standard InChI is InChI=1S/C17H22N4/c1-18-15-5-6-17-16(12-15)14(13-20-17)4-2-3-9-21-10-7-19-8-11-21/h5-6,12-13,19-20H,2-4,7-11H2. The molecule has 0 spiro atoms. The lowest BCUT2D eigenvalue weighted by Gasteiger charge is -2.26. The molecule has 0 unspecified atom stereocenters. The first kappa shape index (κ1) is 14.1. The van der Waals surface area contributed by atoms with Gasteiger partial charge in [-0.2, -0.15) is 0 Å². The van der Waals surface area contributed by atoms with E-state index < -0.39 is 0 Å². The van der Waals surface area contributed by atoms with Gasteiger partial charge >= 0.3 is 0 Å². The number of piperazine rings is 1. The number of aromatic amines is 1. The van der Waals surface area contributed by atoms with Crippen LogP contribution in [0.25, 0.3) is 15.7 Å². The molecule has 4 nitrogen and oxygen atoms in total. The van der Waals surface area contributed by atoms with Crippen molar-refractivity contribution in [3.05, 3.63) is 41.4 Å². The number of rotatable bonds is 5. The van der Waals surface area contributed by atoms with Crippen molar-refractivity contribution in [3.63, 3.8) is 0 Å². The molecule has 21 heavy (non-hydrogen) atoms.